The zero-order valence-corrected chi connectivity index (χ0v) is 16.3. The fourth-order valence-electron chi connectivity index (χ4n) is 5.17. The van der Waals surface area contributed by atoms with Crippen molar-refractivity contribution in [2.45, 2.75) is 102 Å². The zero-order valence-electron chi connectivity index (χ0n) is 16.3. The molecule has 0 nitrogen and oxygen atoms in total. The van der Waals surface area contributed by atoms with Crippen LogP contribution in [0.1, 0.15) is 102 Å². The lowest BCUT2D eigenvalue weighted by Crippen LogP contribution is -2.31. The number of hydrogen-bond donors (Lipinski definition) is 0. The maximum absolute atomic E-state index is 2.46. The third-order valence-corrected chi connectivity index (χ3v) is 3.76. The van der Waals surface area contributed by atoms with Gasteiger partial charge in [0.05, 0.1) is 0 Å². The Morgan fingerprint density at radius 1 is 0.550 bits per heavy atom. The molecule has 0 aromatic rings. The summed E-state index contributed by atoms with van der Waals surface area (Å²) < 4.78 is 0. The third-order valence-electron chi connectivity index (χ3n) is 3.76. The van der Waals surface area contributed by atoms with Crippen LogP contribution in [0.5, 0.6) is 0 Å². The van der Waals surface area contributed by atoms with Crippen LogP contribution in [0.2, 0.25) is 0 Å². The molecule has 0 aromatic heterocycles. The lowest BCUT2D eigenvalue weighted by atomic mass is 9.63. The summed E-state index contributed by atoms with van der Waals surface area (Å²) in [5.41, 5.74) is 1.67. The van der Waals surface area contributed by atoms with Gasteiger partial charge in [-0.1, -0.05) is 76.2 Å². The molecule has 0 N–H and O–H groups in total. The van der Waals surface area contributed by atoms with Crippen LogP contribution in [0.25, 0.3) is 0 Å². The first-order valence-corrected chi connectivity index (χ1v) is 8.33. The standard InChI is InChI=1S/C20H41/c1-16(2)12-18(6,7)14-20(10,11)15-19(8,9)13-17(3,4)5/h12-15H2,1-11H3. The number of rotatable bonds is 7. The minimum atomic E-state index is 0.410. The molecule has 0 aliphatic rings. The molecule has 0 amide bonds. The first-order chi connectivity index (χ1) is 8.54. The van der Waals surface area contributed by atoms with E-state index in [0.717, 1.165) is 0 Å². The molecular weight excluding hydrogens is 240 g/mol. The molecule has 0 bridgehead atoms. The molecule has 0 aliphatic heterocycles. The van der Waals surface area contributed by atoms with Gasteiger partial charge >= 0.3 is 0 Å². The van der Waals surface area contributed by atoms with Crippen molar-refractivity contribution < 1.29 is 0 Å². The molecule has 121 valence electrons. The topological polar surface area (TPSA) is 0 Å². The Labute approximate surface area is 130 Å². The maximum Gasteiger partial charge on any atom is -0.0298 e. The lowest BCUT2D eigenvalue weighted by Gasteiger charge is -2.42. The second-order valence-electron chi connectivity index (χ2n) is 11.0. The molecule has 0 saturated heterocycles. The van der Waals surface area contributed by atoms with Crippen LogP contribution in [-0.2, 0) is 0 Å². The quantitative estimate of drug-likeness (QED) is 0.459. The van der Waals surface area contributed by atoms with Crippen molar-refractivity contribution >= 4 is 0 Å². The molecule has 0 atom stereocenters. The molecule has 0 aliphatic carbocycles. The van der Waals surface area contributed by atoms with Crippen molar-refractivity contribution in [1.82, 2.24) is 0 Å². The molecule has 0 spiro atoms. The summed E-state index contributed by atoms with van der Waals surface area (Å²) in [6, 6.07) is 0. The van der Waals surface area contributed by atoms with E-state index in [-0.39, 0.29) is 0 Å². The Bertz CT molecular complexity index is 284. The molecule has 0 rings (SSSR count). The molecule has 1 radical (unpaired) electrons. The highest BCUT2D eigenvalue weighted by molar-refractivity contribution is 4.91. The van der Waals surface area contributed by atoms with Gasteiger partial charge in [0.25, 0.3) is 0 Å². The average Bonchev–Trinajstić information content (AvgIpc) is 1.86. The number of hydrogen-bond acceptors (Lipinski definition) is 0. The minimum absolute atomic E-state index is 0.410. The lowest BCUT2D eigenvalue weighted by molar-refractivity contribution is 0.0926. The fourth-order valence-corrected chi connectivity index (χ4v) is 5.17. The SMILES string of the molecule is C[C](C)CC(C)(C)CC(C)(C)CC(C)(C)CC(C)(C)C. The first kappa shape index (κ1) is 20.0. The van der Waals surface area contributed by atoms with Gasteiger partial charge in [-0.3, -0.25) is 0 Å². The van der Waals surface area contributed by atoms with E-state index in [1.54, 1.807) is 5.92 Å². The highest BCUT2D eigenvalue weighted by Gasteiger charge is 2.35. The normalized spacial score (nSPS) is 15.0. The molecule has 0 aromatic carbocycles. The molecule has 20 heavy (non-hydrogen) atoms. The minimum Gasteiger partial charge on any atom is -0.0602 e. The predicted octanol–water partition coefficient (Wildman–Crippen LogP) is 7.29. The van der Waals surface area contributed by atoms with Crippen molar-refractivity contribution in [2.75, 3.05) is 0 Å². The van der Waals surface area contributed by atoms with Gasteiger partial charge in [-0.2, -0.15) is 0 Å². The van der Waals surface area contributed by atoms with Crippen LogP contribution in [0.3, 0.4) is 0 Å². The molecule has 0 saturated carbocycles. The fraction of sp³-hybridized carbons (Fsp3) is 0.950. The monoisotopic (exact) mass is 281 g/mol. The maximum atomic E-state index is 2.46. The van der Waals surface area contributed by atoms with Crippen molar-refractivity contribution in [3.05, 3.63) is 5.92 Å². The van der Waals surface area contributed by atoms with E-state index in [4.69, 9.17) is 0 Å². The van der Waals surface area contributed by atoms with E-state index < -0.39 is 0 Å². The van der Waals surface area contributed by atoms with E-state index in [2.05, 4.69) is 76.2 Å². The second kappa shape index (κ2) is 6.41. The van der Waals surface area contributed by atoms with E-state index in [1.807, 2.05) is 0 Å². The van der Waals surface area contributed by atoms with Gasteiger partial charge in [-0.25, -0.2) is 0 Å². The van der Waals surface area contributed by atoms with Crippen molar-refractivity contribution in [3.63, 3.8) is 0 Å². The van der Waals surface area contributed by atoms with Gasteiger partial charge in [0.1, 0.15) is 0 Å². The van der Waals surface area contributed by atoms with Gasteiger partial charge < -0.3 is 0 Å². The van der Waals surface area contributed by atoms with E-state index >= 15 is 0 Å². The summed E-state index contributed by atoms with van der Waals surface area (Å²) in [4.78, 5) is 0. The van der Waals surface area contributed by atoms with Crippen LogP contribution >= 0.6 is 0 Å². The van der Waals surface area contributed by atoms with Gasteiger partial charge in [-0.05, 0) is 53.3 Å². The molecule has 0 heteroatoms. The third kappa shape index (κ3) is 9.83. The Hall–Kier alpha value is 0. The van der Waals surface area contributed by atoms with E-state index in [9.17, 15) is 0 Å². The van der Waals surface area contributed by atoms with Crippen molar-refractivity contribution in [1.29, 1.82) is 0 Å². The summed E-state index contributed by atoms with van der Waals surface area (Å²) in [7, 11) is 0. The zero-order chi connectivity index (χ0) is 16.4. The van der Waals surface area contributed by atoms with Gasteiger partial charge in [0.2, 0.25) is 0 Å². The Morgan fingerprint density at radius 3 is 1.25 bits per heavy atom. The summed E-state index contributed by atoms with van der Waals surface area (Å²) in [5.74, 6) is 1.56. The van der Waals surface area contributed by atoms with E-state index in [0.29, 0.717) is 21.7 Å². The second-order valence-corrected chi connectivity index (χ2v) is 11.0. The highest BCUT2D eigenvalue weighted by Crippen LogP contribution is 2.47. The van der Waals surface area contributed by atoms with Gasteiger partial charge in [-0.15, -0.1) is 0 Å². The largest absolute Gasteiger partial charge is 0.0602 e. The van der Waals surface area contributed by atoms with Crippen LogP contribution in [-0.4, -0.2) is 0 Å². The van der Waals surface area contributed by atoms with Crippen LogP contribution < -0.4 is 0 Å². The molecule has 0 fully saturated rings. The van der Waals surface area contributed by atoms with Gasteiger partial charge in [0.15, 0.2) is 0 Å². The summed E-state index contributed by atoms with van der Waals surface area (Å²) in [6.07, 6.45) is 5.15. The molecular formula is C20H41. The Kier molecular flexibility index (Phi) is 6.41. The highest BCUT2D eigenvalue weighted by atomic mass is 14.4. The van der Waals surface area contributed by atoms with Crippen LogP contribution in [0, 0.1) is 27.6 Å². The van der Waals surface area contributed by atoms with Crippen LogP contribution in [0.15, 0.2) is 0 Å². The molecule has 0 unspecified atom stereocenters. The molecule has 0 heterocycles. The van der Waals surface area contributed by atoms with Crippen LogP contribution in [0.4, 0.5) is 0 Å². The van der Waals surface area contributed by atoms with Crippen molar-refractivity contribution in [3.8, 4) is 0 Å². The van der Waals surface area contributed by atoms with E-state index in [1.165, 1.54) is 25.7 Å². The Balaban J connectivity index is 4.73. The summed E-state index contributed by atoms with van der Waals surface area (Å²) in [6.45, 7) is 26.3. The summed E-state index contributed by atoms with van der Waals surface area (Å²) >= 11 is 0. The Morgan fingerprint density at radius 2 is 0.900 bits per heavy atom. The van der Waals surface area contributed by atoms with Gasteiger partial charge in [0, 0.05) is 0 Å². The summed E-state index contributed by atoms with van der Waals surface area (Å²) in [5, 5.41) is 0. The average molecular weight is 282 g/mol. The smallest absolute Gasteiger partial charge is 0.0298 e. The van der Waals surface area contributed by atoms with Crippen molar-refractivity contribution in [2.24, 2.45) is 21.7 Å². The predicted molar refractivity (Wildman–Crippen MR) is 93.9 cm³/mol. The first-order valence-electron chi connectivity index (χ1n) is 8.33.